The van der Waals surface area contributed by atoms with E-state index in [9.17, 15) is 9.59 Å². The van der Waals surface area contributed by atoms with Gasteiger partial charge in [0.25, 0.3) is 0 Å². The molecule has 1 unspecified atom stereocenters. The van der Waals surface area contributed by atoms with Crippen LogP contribution in [0.5, 0.6) is 5.75 Å². The summed E-state index contributed by atoms with van der Waals surface area (Å²) in [6, 6.07) is 17.8. The van der Waals surface area contributed by atoms with Crippen LogP contribution in [0.1, 0.15) is 68.7 Å². The molecule has 1 atom stereocenters. The number of ketones is 1. The second-order valence-electron chi connectivity index (χ2n) is 9.94. The van der Waals surface area contributed by atoms with Gasteiger partial charge in [0.15, 0.2) is 5.78 Å². The Hall–Kier alpha value is -3.40. The second-order valence-corrected chi connectivity index (χ2v) is 9.94. The van der Waals surface area contributed by atoms with Crippen molar-refractivity contribution in [3.05, 3.63) is 88.0 Å². The zero-order chi connectivity index (χ0) is 24.5. The maximum Gasteiger partial charge on any atom is 0.337 e. The number of carbonyl (C=O) groups excluding carboxylic acids is 2. The average Bonchev–Trinajstić information content (AvgIpc) is 3.53. The molecule has 0 radical (unpaired) electrons. The van der Waals surface area contributed by atoms with Gasteiger partial charge in [-0.15, -0.1) is 0 Å². The Morgan fingerprint density at radius 3 is 2.40 bits per heavy atom. The quantitative estimate of drug-likeness (QED) is 0.370. The number of hydrogen-bond donors (Lipinski definition) is 0. The number of carbonyl (C=O) groups is 2. The van der Waals surface area contributed by atoms with E-state index in [0.29, 0.717) is 23.9 Å². The highest BCUT2D eigenvalue weighted by Crippen LogP contribution is 2.43. The third kappa shape index (κ3) is 4.50. The molecule has 1 saturated carbocycles. The number of Topliss-reactive ketones (excluding diaryl/α,β-unsaturated/α-hetero) is 1. The van der Waals surface area contributed by atoms with Crippen molar-refractivity contribution in [1.82, 2.24) is 0 Å². The van der Waals surface area contributed by atoms with Gasteiger partial charge >= 0.3 is 5.97 Å². The van der Waals surface area contributed by atoms with Gasteiger partial charge in [-0.3, -0.25) is 4.79 Å². The van der Waals surface area contributed by atoms with Gasteiger partial charge in [-0.05, 0) is 96.7 Å². The number of esters is 1. The summed E-state index contributed by atoms with van der Waals surface area (Å²) in [5, 5.41) is 0. The molecule has 35 heavy (non-hydrogen) atoms. The van der Waals surface area contributed by atoms with E-state index in [2.05, 4.69) is 38.1 Å². The molecule has 5 rings (SSSR count). The van der Waals surface area contributed by atoms with E-state index in [0.717, 1.165) is 51.1 Å². The molecule has 0 N–H and O–H groups in total. The third-order valence-electron chi connectivity index (χ3n) is 7.89. The van der Waals surface area contributed by atoms with Crippen LogP contribution in [0.15, 0.2) is 54.6 Å². The van der Waals surface area contributed by atoms with Crippen LogP contribution in [0.4, 0.5) is 0 Å². The van der Waals surface area contributed by atoms with Gasteiger partial charge in [0, 0.05) is 11.5 Å². The topological polar surface area (TPSA) is 52.6 Å². The molecule has 0 aliphatic heterocycles. The van der Waals surface area contributed by atoms with Crippen LogP contribution in [0, 0.1) is 25.7 Å². The molecule has 180 valence electrons. The molecule has 0 heterocycles. The molecule has 0 amide bonds. The molecule has 0 bridgehead atoms. The smallest absolute Gasteiger partial charge is 0.337 e. The van der Waals surface area contributed by atoms with Crippen molar-refractivity contribution in [1.29, 1.82) is 0 Å². The summed E-state index contributed by atoms with van der Waals surface area (Å²) in [6.45, 7) is 4.57. The van der Waals surface area contributed by atoms with Crippen molar-refractivity contribution >= 4 is 11.8 Å². The molecule has 1 fully saturated rings. The lowest BCUT2D eigenvalue weighted by molar-refractivity contribution is 0.0600. The fourth-order valence-corrected chi connectivity index (χ4v) is 5.78. The Kier molecular flexibility index (Phi) is 6.46. The van der Waals surface area contributed by atoms with Crippen molar-refractivity contribution in [2.75, 3.05) is 7.11 Å². The van der Waals surface area contributed by atoms with Gasteiger partial charge in [0.05, 0.1) is 12.7 Å². The first kappa shape index (κ1) is 23.3. The van der Waals surface area contributed by atoms with E-state index < -0.39 is 0 Å². The predicted molar refractivity (Wildman–Crippen MR) is 137 cm³/mol. The largest absolute Gasteiger partial charge is 0.489 e. The zero-order valence-electron chi connectivity index (χ0n) is 20.7. The number of fused-ring (bicyclic) bond motifs is 1. The highest BCUT2D eigenvalue weighted by atomic mass is 16.5. The molecule has 0 saturated heterocycles. The third-order valence-corrected chi connectivity index (χ3v) is 7.89. The maximum absolute atomic E-state index is 13.2. The Bertz CT molecular complexity index is 1270. The van der Waals surface area contributed by atoms with Crippen LogP contribution in [0.3, 0.4) is 0 Å². The fourth-order valence-electron chi connectivity index (χ4n) is 5.78. The van der Waals surface area contributed by atoms with E-state index in [1.807, 2.05) is 18.2 Å². The number of rotatable bonds is 6. The summed E-state index contributed by atoms with van der Waals surface area (Å²) in [4.78, 5) is 24.9. The normalized spacial score (nSPS) is 17.5. The van der Waals surface area contributed by atoms with E-state index in [1.165, 1.54) is 32.8 Å². The van der Waals surface area contributed by atoms with Gasteiger partial charge in [0.1, 0.15) is 12.4 Å². The lowest BCUT2D eigenvalue weighted by atomic mass is 9.87. The Balaban J connectivity index is 1.33. The Labute approximate surface area is 207 Å². The summed E-state index contributed by atoms with van der Waals surface area (Å²) in [7, 11) is 1.38. The van der Waals surface area contributed by atoms with Crippen molar-refractivity contribution in [3.8, 4) is 16.9 Å². The molecule has 0 aromatic heterocycles. The van der Waals surface area contributed by atoms with E-state index >= 15 is 0 Å². The van der Waals surface area contributed by atoms with Crippen LogP contribution in [-0.4, -0.2) is 18.9 Å². The highest BCUT2D eigenvalue weighted by Gasteiger charge is 2.39. The number of hydrogen-bond acceptors (Lipinski definition) is 4. The Morgan fingerprint density at radius 2 is 1.69 bits per heavy atom. The summed E-state index contributed by atoms with van der Waals surface area (Å²) in [6.07, 6.45) is 5.74. The molecular weight excluding hydrogens is 436 g/mol. The molecule has 2 aliphatic carbocycles. The van der Waals surface area contributed by atoms with E-state index in [4.69, 9.17) is 9.47 Å². The van der Waals surface area contributed by atoms with Crippen molar-refractivity contribution < 1.29 is 19.1 Å². The van der Waals surface area contributed by atoms with Gasteiger partial charge in [-0.1, -0.05) is 43.2 Å². The fraction of sp³-hybridized carbons (Fsp3) is 0.355. The zero-order valence-corrected chi connectivity index (χ0v) is 20.7. The minimum Gasteiger partial charge on any atom is -0.489 e. The van der Waals surface area contributed by atoms with Crippen molar-refractivity contribution in [2.24, 2.45) is 11.8 Å². The number of benzene rings is 3. The molecular formula is C31H32O4. The molecule has 4 nitrogen and oxygen atoms in total. The molecule has 4 heteroatoms. The van der Waals surface area contributed by atoms with Crippen molar-refractivity contribution in [2.45, 2.75) is 52.6 Å². The summed E-state index contributed by atoms with van der Waals surface area (Å²) in [5.41, 5.74) is 7.92. The standard InChI is InChI=1S/C31H32O4/c1-19-20(2)29-26(16-27(30(29)32)23-8-4-5-9-23)17-28(19)35-18-21-7-6-10-25(15-21)22-11-13-24(14-12-22)31(33)34-3/h6-7,10-15,17,23,27H,4-5,8-9,16,18H2,1-3H3. The minimum absolute atomic E-state index is 0.156. The van der Waals surface area contributed by atoms with Gasteiger partial charge in [-0.25, -0.2) is 4.79 Å². The van der Waals surface area contributed by atoms with Crippen molar-refractivity contribution in [3.63, 3.8) is 0 Å². The van der Waals surface area contributed by atoms with Crippen LogP contribution in [0.2, 0.25) is 0 Å². The van der Waals surface area contributed by atoms with Crippen LogP contribution < -0.4 is 4.74 Å². The summed E-state index contributed by atoms with van der Waals surface area (Å²) >= 11 is 0. The summed E-state index contributed by atoms with van der Waals surface area (Å²) in [5.74, 6) is 1.58. The van der Waals surface area contributed by atoms with Crippen LogP contribution >= 0.6 is 0 Å². The van der Waals surface area contributed by atoms with Gasteiger partial charge < -0.3 is 9.47 Å². The second kappa shape index (κ2) is 9.69. The first-order chi connectivity index (χ1) is 17.0. The Morgan fingerprint density at radius 1 is 0.943 bits per heavy atom. The number of methoxy groups -OCH3 is 1. The molecule has 2 aliphatic rings. The van der Waals surface area contributed by atoms with E-state index in [1.54, 1.807) is 12.1 Å². The predicted octanol–water partition coefficient (Wildman–Crippen LogP) is 6.88. The lowest BCUT2D eigenvalue weighted by Gasteiger charge is -2.16. The average molecular weight is 469 g/mol. The van der Waals surface area contributed by atoms with Gasteiger partial charge in [0.2, 0.25) is 0 Å². The minimum atomic E-state index is -0.338. The molecule has 3 aromatic rings. The molecule has 3 aromatic carbocycles. The van der Waals surface area contributed by atoms with Crippen LogP contribution in [-0.2, 0) is 17.8 Å². The SMILES string of the molecule is COC(=O)c1ccc(-c2cccc(COc3cc4c(c(C)c3C)C(=O)C(C3CCCC3)C4)c2)cc1. The summed E-state index contributed by atoms with van der Waals surface area (Å²) < 4.78 is 11.1. The lowest BCUT2D eigenvalue weighted by Crippen LogP contribution is -2.18. The first-order valence-corrected chi connectivity index (χ1v) is 12.5. The first-order valence-electron chi connectivity index (χ1n) is 12.5. The maximum atomic E-state index is 13.2. The monoisotopic (exact) mass is 468 g/mol. The number of ether oxygens (including phenoxy) is 2. The van der Waals surface area contributed by atoms with Gasteiger partial charge in [-0.2, -0.15) is 0 Å². The highest BCUT2D eigenvalue weighted by molar-refractivity contribution is 6.04. The van der Waals surface area contributed by atoms with E-state index in [-0.39, 0.29) is 11.9 Å². The molecule has 0 spiro atoms. The van der Waals surface area contributed by atoms with Crippen LogP contribution in [0.25, 0.3) is 11.1 Å².